The van der Waals surface area contributed by atoms with Crippen LogP contribution in [0, 0.1) is 23.8 Å². The highest BCUT2D eigenvalue weighted by Crippen LogP contribution is 2.41. The van der Waals surface area contributed by atoms with Gasteiger partial charge in [0.2, 0.25) is 0 Å². The van der Waals surface area contributed by atoms with Crippen molar-refractivity contribution in [2.24, 2.45) is 17.8 Å². The molecule has 1 atom stereocenters. The van der Waals surface area contributed by atoms with E-state index in [1.807, 2.05) is 0 Å². The van der Waals surface area contributed by atoms with Crippen LogP contribution >= 0.6 is 0 Å². The molecule has 18 heavy (non-hydrogen) atoms. The third kappa shape index (κ3) is 1.83. The van der Waals surface area contributed by atoms with Crippen LogP contribution in [0.5, 0.6) is 0 Å². The van der Waals surface area contributed by atoms with Crippen molar-refractivity contribution < 1.29 is 0 Å². The molecule has 97 valence electrons. The molecule has 3 fully saturated rings. The zero-order valence-corrected chi connectivity index (χ0v) is 11.3. The Morgan fingerprint density at radius 2 is 1.56 bits per heavy atom. The summed E-state index contributed by atoms with van der Waals surface area (Å²) < 4.78 is 0. The molecule has 0 aromatic carbocycles. The van der Waals surface area contributed by atoms with Crippen molar-refractivity contribution in [2.45, 2.75) is 63.8 Å². The predicted molar refractivity (Wildman–Crippen MR) is 73.8 cm³/mol. The van der Waals surface area contributed by atoms with Gasteiger partial charge in [0, 0.05) is 5.70 Å². The van der Waals surface area contributed by atoms with E-state index in [9.17, 15) is 0 Å². The van der Waals surface area contributed by atoms with Gasteiger partial charge in [-0.05, 0) is 74.0 Å². The third-order valence-electron chi connectivity index (χ3n) is 5.67. The molecule has 0 spiro atoms. The molecule has 1 N–H and O–H groups in total. The quantitative estimate of drug-likeness (QED) is 0.789. The van der Waals surface area contributed by atoms with Crippen LogP contribution < -0.4 is 5.32 Å². The zero-order valence-electron chi connectivity index (χ0n) is 11.3. The van der Waals surface area contributed by atoms with Crippen LogP contribution in [-0.4, -0.2) is 6.04 Å². The minimum absolute atomic E-state index is 0.551. The van der Waals surface area contributed by atoms with Crippen molar-refractivity contribution in [1.29, 1.82) is 0 Å². The average molecular weight is 242 g/mol. The summed E-state index contributed by atoms with van der Waals surface area (Å²) in [6.45, 7) is 0. The molecule has 1 aliphatic heterocycles. The van der Waals surface area contributed by atoms with Gasteiger partial charge >= 0.3 is 0 Å². The van der Waals surface area contributed by atoms with E-state index < -0.39 is 0 Å². The van der Waals surface area contributed by atoms with E-state index in [0.717, 1.165) is 17.8 Å². The van der Waals surface area contributed by atoms with Crippen molar-refractivity contribution in [3.8, 4) is 0 Å². The molecular formula is C17H24N. The average Bonchev–Trinajstić information content (AvgIpc) is 2.08. The molecule has 1 heteroatoms. The fraction of sp³-hybridized carbons (Fsp3) is 0.765. The molecule has 0 saturated heterocycles. The summed E-state index contributed by atoms with van der Waals surface area (Å²) in [5.41, 5.74) is 3.14. The number of rotatable bonds is 3. The fourth-order valence-corrected chi connectivity index (χ4v) is 3.56. The lowest BCUT2D eigenvalue weighted by molar-refractivity contribution is 0.242. The normalized spacial score (nSPS) is 33.7. The van der Waals surface area contributed by atoms with Crippen LogP contribution in [0.2, 0.25) is 0 Å². The van der Waals surface area contributed by atoms with E-state index in [0.29, 0.717) is 6.04 Å². The minimum atomic E-state index is 0.551. The van der Waals surface area contributed by atoms with E-state index in [2.05, 4.69) is 17.5 Å². The molecule has 1 radical (unpaired) electrons. The molecule has 3 saturated carbocycles. The largest absolute Gasteiger partial charge is 0.381 e. The van der Waals surface area contributed by atoms with Gasteiger partial charge in [-0.15, -0.1) is 0 Å². The van der Waals surface area contributed by atoms with Crippen molar-refractivity contribution in [3.63, 3.8) is 0 Å². The second-order valence-electron chi connectivity index (χ2n) is 6.77. The molecular weight excluding hydrogens is 218 g/mol. The van der Waals surface area contributed by atoms with E-state index in [-0.39, 0.29) is 0 Å². The Bertz CT molecular complexity index is 380. The smallest absolute Gasteiger partial charge is 0.0545 e. The van der Waals surface area contributed by atoms with E-state index in [4.69, 9.17) is 0 Å². The molecule has 0 aromatic heterocycles. The van der Waals surface area contributed by atoms with Crippen LogP contribution in [0.3, 0.4) is 0 Å². The van der Waals surface area contributed by atoms with Gasteiger partial charge in [-0.2, -0.15) is 0 Å². The van der Waals surface area contributed by atoms with Gasteiger partial charge in [0.05, 0.1) is 6.04 Å². The van der Waals surface area contributed by atoms with Gasteiger partial charge in [-0.3, -0.25) is 0 Å². The van der Waals surface area contributed by atoms with Crippen LogP contribution in [0.15, 0.2) is 17.3 Å². The number of hydrogen-bond donors (Lipinski definition) is 1. The number of hydrogen-bond acceptors (Lipinski definition) is 1. The Morgan fingerprint density at radius 1 is 0.889 bits per heavy atom. The molecule has 1 nitrogen and oxygen atoms in total. The summed E-state index contributed by atoms with van der Waals surface area (Å²) in [5, 5.41) is 3.82. The maximum absolute atomic E-state index is 3.82. The summed E-state index contributed by atoms with van der Waals surface area (Å²) in [6, 6.07) is 0.551. The van der Waals surface area contributed by atoms with Gasteiger partial charge in [0.1, 0.15) is 0 Å². The van der Waals surface area contributed by atoms with Gasteiger partial charge in [-0.1, -0.05) is 19.3 Å². The standard InChI is InChI=1S/C17H24N/c1-4-12(5-1)15-10-16(13-6-2-7-13)18-17(11-15)14-8-3-9-14/h10,12-14,17-18H,1-9H2. The molecule has 4 rings (SSSR count). The molecule has 0 bridgehead atoms. The highest BCUT2D eigenvalue weighted by molar-refractivity contribution is 5.32. The first-order valence-corrected chi connectivity index (χ1v) is 8.01. The predicted octanol–water partition coefficient (Wildman–Crippen LogP) is 3.97. The lowest BCUT2D eigenvalue weighted by Crippen LogP contribution is -2.43. The molecule has 3 aliphatic carbocycles. The maximum Gasteiger partial charge on any atom is 0.0545 e. The van der Waals surface area contributed by atoms with Gasteiger partial charge in [0.25, 0.3) is 0 Å². The Labute approximate surface area is 111 Å². The summed E-state index contributed by atoms with van der Waals surface area (Å²) in [6.07, 6.45) is 19.1. The minimum Gasteiger partial charge on any atom is -0.381 e. The zero-order chi connectivity index (χ0) is 11.9. The van der Waals surface area contributed by atoms with Gasteiger partial charge in [0.15, 0.2) is 0 Å². The Kier molecular flexibility index (Phi) is 2.74. The first-order valence-electron chi connectivity index (χ1n) is 8.01. The van der Waals surface area contributed by atoms with Gasteiger partial charge < -0.3 is 5.32 Å². The van der Waals surface area contributed by atoms with Gasteiger partial charge in [-0.25, -0.2) is 0 Å². The van der Waals surface area contributed by atoms with E-state index in [1.165, 1.54) is 57.8 Å². The second-order valence-corrected chi connectivity index (χ2v) is 6.77. The molecule has 0 aromatic rings. The monoisotopic (exact) mass is 242 g/mol. The van der Waals surface area contributed by atoms with Crippen molar-refractivity contribution in [1.82, 2.24) is 5.32 Å². The third-order valence-corrected chi connectivity index (χ3v) is 5.67. The number of dihydropyridines is 1. The fourth-order valence-electron chi connectivity index (χ4n) is 3.56. The Morgan fingerprint density at radius 3 is 2.06 bits per heavy atom. The molecule has 4 aliphatic rings. The van der Waals surface area contributed by atoms with Crippen LogP contribution in [-0.2, 0) is 0 Å². The summed E-state index contributed by atoms with van der Waals surface area (Å²) in [5.74, 6) is 2.58. The topological polar surface area (TPSA) is 12.0 Å². The Hall–Kier alpha value is -0.720. The maximum atomic E-state index is 3.82. The number of nitrogens with one attached hydrogen (secondary N) is 1. The van der Waals surface area contributed by atoms with E-state index in [1.54, 1.807) is 11.3 Å². The lowest BCUT2D eigenvalue weighted by atomic mass is 9.72. The molecule has 0 amide bonds. The van der Waals surface area contributed by atoms with Crippen molar-refractivity contribution in [2.75, 3.05) is 0 Å². The van der Waals surface area contributed by atoms with Crippen molar-refractivity contribution >= 4 is 0 Å². The summed E-state index contributed by atoms with van der Waals surface area (Å²) in [4.78, 5) is 0. The van der Waals surface area contributed by atoms with Crippen LogP contribution in [0.25, 0.3) is 0 Å². The Balaban J connectivity index is 1.55. The SMILES string of the molecule is [C]1=C(C2CCC2)C=C(C2CCC2)NC1C1CCC1. The van der Waals surface area contributed by atoms with E-state index >= 15 is 0 Å². The van der Waals surface area contributed by atoms with Crippen LogP contribution in [0.1, 0.15) is 57.8 Å². The number of allylic oxidation sites excluding steroid dienone is 3. The first-order chi connectivity index (χ1) is 8.90. The first kappa shape index (κ1) is 11.1. The highest BCUT2D eigenvalue weighted by Gasteiger charge is 2.34. The lowest BCUT2D eigenvalue weighted by Gasteiger charge is -2.41. The molecule has 1 heterocycles. The second kappa shape index (κ2) is 4.43. The highest BCUT2D eigenvalue weighted by atomic mass is 15.0. The summed E-state index contributed by atoms with van der Waals surface area (Å²) >= 11 is 0. The van der Waals surface area contributed by atoms with Crippen LogP contribution in [0.4, 0.5) is 0 Å². The molecule has 1 unspecified atom stereocenters. The summed E-state index contributed by atoms with van der Waals surface area (Å²) in [7, 11) is 0. The van der Waals surface area contributed by atoms with Crippen molar-refractivity contribution in [3.05, 3.63) is 23.4 Å².